The lowest BCUT2D eigenvalue weighted by Crippen LogP contribution is -2.10. The molecule has 0 atom stereocenters. The lowest BCUT2D eigenvalue weighted by molar-refractivity contribution is 0.860. The Morgan fingerprint density at radius 3 is 3.10 bits per heavy atom. The van der Waals surface area contributed by atoms with Crippen molar-refractivity contribution >= 4 is 39.8 Å². The third-order valence-corrected chi connectivity index (χ3v) is 3.42. The Morgan fingerprint density at radius 1 is 1.20 bits per heavy atom. The van der Waals surface area contributed by atoms with E-state index < -0.39 is 0 Å². The van der Waals surface area contributed by atoms with Crippen LogP contribution >= 0.6 is 11.6 Å². The first-order valence-electron chi connectivity index (χ1n) is 6.19. The summed E-state index contributed by atoms with van der Waals surface area (Å²) in [5.74, 6) is 0.670. The minimum absolute atomic E-state index is 0.226. The van der Waals surface area contributed by atoms with Gasteiger partial charge >= 0.3 is 0 Å². The molecule has 0 unspecified atom stereocenters. The van der Waals surface area contributed by atoms with Gasteiger partial charge in [-0.05, 0) is 41.4 Å². The van der Waals surface area contributed by atoms with E-state index in [9.17, 15) is 0 Å². The number of aromatic nitrogens is 3. The highest BCUT2D eigenvalue weighted by Crippen LogP contribution is 2.27. The van der Waals surface area contributed by atoms with Crippen LogP contribution in [0.3, 0.4) is 0 Å². The molecule has 6 nitrogen and oxygen atoms in total. The number of hydrogen-bond acceptors (Lipinski definition) is 5. The van der Waals surface area contributed by atoms with Crippen LogP contribution in [0.15, 0.2) is 30.5 Å². The molecule has 0 aliphatic carbocycles. The molecule has 0 bridgehead atoms. The summed E-state index contributed by atoms with van der Waals surface area (Å²) in [7, 11) is 0. The molecule has 1 aromatic carbocycles. The van der Waals surface area contributed by atoms with Crippen molar-refractivity contribution in [3.63, 3.8) is 0 Å². The fourth-order valence-corrected chi connectivity index (χ4v) is 2.49. The second-order valence-electron chi connectivity index (χ2n) is 4.55. The minimum Gasteiger partial charge on any atom is -0.357 e. The van der Waals surface area contributed by atoms with Gasteiger partial charge in [0.2, 0.25) is 5.28 Å². The molecule has 0 radical (unpaired) electrons. The van der Waals surface area contributed by atoms with E-state index in [2.05, 4.69) is 37.2 Å². The van der Waals surface area contributed by atoms with Crippen LogP contribution in [0.25, 0.3) is 11.0 Å². The highest BCUT2D eigenvalue weighted by molar-refractivity contribution is 6.28. The predicted molar refractivity (Wildman–Crippen MR) is 79.1 cm³/mol. The third-order valence-electron chi connectivity index (χ3n) is 3.25. The SMILES string of the molecule is Clc1nc(Nc2ccc3c(c2)CNN3)c2[nH]ccc2n1. The van der Waals surface area contributed by atoms with E-state index in [1.165, 1.54) is 5.56 Å². The van der Waals surface area contributed by atoms with Gasteiger partial charge in [0.1, 0.15) is 5.52 Å². The molecule has 7 heteroatoms. The highest BCUT2D eigenvalue weighted by atomic mass is 35.5. The Labute approximate surface area is 119 Å². The van der Waals surface area contributed by atoms with Crippen LogP contribution in [0.5, 0.6) is 0 Å². The normalized spacial score (nSPS) is 13.2. The molecule has 20 heavy (non-hydrogen) atoms. The average Bonchev–Trinajstić information content (AvgIpc) is 3.05. The van der Waals surface area contributed by atoms with Crippen molar-refractivity contribution in [3.05, 3.63) is 41.3 Å². The standard InChI is InChI=1S/C13H11ClN6/c14-13-18-10-3-4-15-11(10)12(19-13)17-8-1-2-9-7(5-8)6-16-20-9/h1-5,15-16,20H,6H2,(H,17,18,19). The van der Waals surface area contributed by atoms with E-state index in [1.807, 2.05) is 24.4 Å². The van der Waals surface area contributed by atoms with Gasteiger partial charge in [-0.15, -0.1) is 0 Å². The molecule has 1 aliphatic heterocycles. The van der Waals surface area contributed by atoms with Crippen molar-refractivity contribution < 1.29 is 0 Å². The minimum atomic E-state index is 0.226. The van der Waals surface area contributed by atoms with E-state index in [0.29, 0.717) is 5.82 Å². The number of rotatable bonds is 2. The van der Waals surface area contributed by atoms with Gasteiger partial charge in [-0.25, -0.2) is 10.4 Å². The summed E-state index contributed by atoms with van der Waals surface area (Å²) < 4.78 is 0. The fraction of sp³-hybridized carbons (Fsp3) is 0.0769. The van der Waals surface area contributed by atoms with Crippen LogP contribution in [-0.4, -0.2) is 15.0 Å². The molecule has 4 rings (SSSR count). The number of nitrogens with one attached hydrogen (secondary N) is 4. The summed E-state index contributed by atoms with van der Waals surface area (Å²) >= 11 is 5.94. The Kier molecular flexibility index (Phi) is 2.51. The molecule has 2 aromatic heterocycles. The van der Waals surface area contributed by atoms with Gasteiger partial charge in [0, 0.05) is 18.4 Å². The monoisotopic (exact) mass is 286 g/mol. The molecular formula is C13H11ClN6. The summed E-state index contributed by atoms with van der Waals surface area (Å²) in [6.07, 6.45) is 1.82. The lowest BCUT2D eigenvalue weighted by Gasteiger charge is -2.08. The Hall–Kier alpha value is -2.31. The molecular weight excluding hydrogens is 276 g/mol. The third kappa shape index (κ3) is 1.86. The molecule has 0 saturated carbocycles. The number of halogens is 1. The maximum absolute atomic E-state index is 5.94. The summed E-state index contributed by atoms with van der Waals surface area (Å²) in [5.41, 5.74) is 11.1. The topological polar surface area (TPSA) is 77.7 Å². The number of anilines is 3. The number of fused-ring (bicyclic) bond motifs is 2. The van der Waals surface area contributed by atoms with Crippen LogP contribution in [0.4, 0.5) is 17.2 Å². The average molecular weight is 287 g/mol. The Bertz CT molecular complexity index is 797. The van der Waals surface area contributed by atoms with Crippen molar-refractivity contribution in [3.8, 4) is 0 Å². The summed E-state index contributed by atoms with van der Waals surface area (Å²) in [6.45, 7) is 0.799. The number of hydrogen-bond donors (Lipinski definition) is 4. The maximum atomic E-state index is 5.94. The van der Waals surface area contributed by atoms with Gasteiger partial charge in [-0.3, -0.25) is 0 Å². The first kappa shape index (κ1) is 11.5. The predicted octanol–water partition coefficient (Wildman–Crippen LogP) is 2.79. The van der Waals surface area contributed by atoms with Crippen molar-refractivity contribution in [2.75, 3.05) is 10.7 Å². The Balaban J connectivity index is 1.75. The Morgan fingerprint density at radius 2 is 2.15 bits per heavy atom. The van der Waals surface area contributed by atoms with Gasteiger partial charge in [0.15, 0.2) is 5.82 Å². The maximum Gasteiger partial charge on any atom is 0.225 e. The van der Waals surface area contributed by atoms with E-state index in [-0.39, 0.29) is 5.28 Å². The van der Waals surface area contributed by atoms with Crippen molar-refractivity contribution in [2.45, 2.75) is 6.54 Å². The summed E-state index contributed by atoms with van der Waals surface area (Å²) in [6, 6.07) is 7.95. The number of hydrazine groups is 1. The molecule has 0 saturated heterocycles. The molecule has 100 valence electrons. The number of aromatic amines is 1. The quantitative estimate of drug-likeness (QED) is 0.545. The molecule has 3 heterocycles. The smallest absolute Gasteiger partial charge is 0.225 e. The number of benzene rings is 1. The zero-order valence-electron chi connectivity index (χ0n) is 10.4. The highest BCUT2D eigenvalue weighted by Gasteiger charge is 2.12. The van der Waals surface area contributed by atoms with Crippen LogP contribution in [0.2, 0.25) is 5.28 Å². The van der Waals surface area contributed by atoms with Crippen LogP contribution in [0.1, 0.15) is 5.56 Å². The van der Waals surface area contributed by atoms with Crippen LogP contribution < -0.4 is 16.2 Å². The molecule has 0 fully saturated rings. The molecule has 0 amide bonds. The summed E-state index contributed by atoms with van der Waals surface area (Å²) in [4.78, 5) is 11.5. The molecule has 0 spiro atoms. The number of nitrogens with zero attached hydrogens (tertiary/aromatic N) is 2. The number of H-pyrrole nitrogens is 1. The van der Waals surface area contributed by atoms with Gasteiger partial charge in [0.05, 0.1) is 11.2 Å². The second kappa shape index (κ2) is 4.36. The van der Waals surface area contributed by atoms with Gasteiger partial charge in [-0.2, -0.15) is 4.98 Å². The van der Waals surface area contributed by atoms with Gasteiger partial charge < -0.3 is 15.7 Å². The first-order chi connectivity index (χ1) is 9.79. The van der Waals surface area contributed by atoms with E-state index in [0.717, 1.165) is 29.0 Å². The van der Waals surface area contributed by atoms with Crippen molar-refractivity contribution in [2.24, 2.45) is 0 Å². The van der Waals surface area contributed by atoms with E-state index >= 15 is 0 Å². The first-order valence-corrected chi connectivity index (χ1v) is 6.57. The largest absolute Gasteiger partial charge is 0.357 e. The molecule has 4 N–H and O–H groups in total. The van der Waals surface area contributed by atoms with Gasteiger partial charge in [-0.1, -0.05) is 0 Å². The van der Waals surface area contributed by atoms with Crippen LogP contribution in [0, 0.1) is 0 Å². The zero-order chi connectivity index (χ0) is 13.5. The van der Waals surface area contributed by atoms with Crippen molar-refractivity contribution in [1.82, 2.24) is 20.4 Å². The lowest BCUT2D eigenvalue weighted by atomic mass is 10.2. The van der Waals surface area contributed by atoms with Gasteiger partial charge in [0.25, 0.3) is 0 Å². The van der Waals surface area contributed by atoms with E-state index in [1.54, 1.807) is 0 Å². The molecule has 3 aromatic rings. The molecule has 1 aliphatic rings. The zero-order valence-corrected chi connectivity index (χ0v) is 11.1. The van der Waals surface area contributed by atoms with E-state index in [4.69, 9.17) is 11.6 Å². The van der Waals surface area contributed by atoms with Crippen molar-refractivity contribution in [1.29, 1.82) is 0 Å². The summed E-state index contributed by atoms with van der Waals surface area (Å²) in [5, 5.41) is 3.51. The fourth-order valence-electron chi connectivity index (χ4n) is 2.32. The van der Waals surface area contributed by atoms with Crippen LogP contribution in [-0.2, 0) is 6.54 Å². The second-order valence-corrected chi connectivity index (χ2v) is 4.89.